The summed E-state index contributed by atoms with van der Waals surface area (Å²) < 4.78 is 2.12. The van der Waals surface area contributed by atoms with E-state index >= 15 is 0 Å². The van der Waals surface area contributed by atoms with E-state index in [1.165, 1.54) is 5.56 Å². The van der Waals surface area contributed by atoms with Gasteiger partial charge in [-0.1, -0.05) is 30.3 Å². The number of carbonyl (C=O) groups is 1. The molecule has 1 aliphatic heterocycles. The third-order valence-electron chi connectivity index (χ3n) is 5.01. The van der Waals surface area contributed by atoms with E-state index in [4.69, 9.17) is 0 Å². The standard InChI is InChI=1S/C20H29N5O/c1-16(2)25-15-22-23-19(25)13-18-9-6-12-24(14-18)20(26)21-11-10-17-7-4-3-5-8-17/h3-5,7-8,15-16,18H,6,9-14H2,1-2H3,(H,21,26). The van der Waals surface area contributed by atoms with Gasteiger partial charge in [-0.15, -0.1) is 10.2 Å². The fourth-order valence-electron chi connectivity index (χ4n) is 3.59. The van der Waals surface area contributed by atoms with Gasteiger partial charge in [0.2, 0.25) is 0 Å². The summed E-state index contributed by atoms with van der Waals surface area (Å²) in [6, 6.07) is 10.7. The number of carbonyl (C=O) groups excluding carboxylic acids is 1. The maximum Gasteiger partial charge on any atom is 0.317 e. The summed E-state index contributed by atoms with van der Waals surface area (Å²) in [4.78, 5) is 14.4. The van der Waals surface area contributed by atoms with E-state index in [9.17, 15) is 4.79 Å². The molecule has 1 atom stereocenters. The van der Waals surface area contributed by atoms with Crippen molar-refractivity contribution in [3.05, 3.63) is 48.0 Å². The summed E-state index contributed by atoms with van der Waals surface area (Å²) in [6.45, 7) is 6.58. The van der Waals surface area contributed by atoms with Crippen molar-refractivity contribution in [2.75, 3.05) is 19.6 Å². The van der Waals surface area contributed by atoms with Crippen molar-refractivity contribution in [3.8, 4) is 0 Å². The van der Waals surface area contributed by atoms with E-state index in [0.717, 1.165) is 44.6 Å². The van der Waals surface area contributed by atoms with Gasteiger partial charge >= 0.3 is 6.03 Å². The van der Waals surface area contributed by atoms with Gasteiger partial charge in [-0.25, -0.2) is 4.79 Å². The lowest BCUT2D eigenvalue weighted by Crippen LogP contribution is -2.46. The van der Waals surface area contributed by atoms with E-state index in [2.05, 4.69) is 46.1 Å². The van der Waals surface area contributed by atoms with Gasteiger partial charge in [0.05, 0.1) is 0 Å². The van der Waals surface area contributed by atoms with Crippen LogP contribution in [0.4, 0.5) is 4.79 Å². The lowest BCUT2D eigenvalue weighted by atomic mass is 9.94. The largest absolute Gasteiger partial charge is 0.338 e. The highest BCUT2D eigenvalue weighted by Crippen LogP contribution is 2.21. The molecular weight excluding hydrogens is 326 g/mol. The molecule has 2 amide bonds. The Balaban J connectivity index is 1.48. The van der Waals surface area contributed by atoms with Gasteiger partial charge < -0.3 is 14.8 Å². The third kappa shape index (κ3) is 4.84. The number of hydrogen-bond acceptors (Lipinski definition) is 3. The predicted molar refractivity (Wildman–Crippen MR) is 102 cm³/mol. The molecule has 1 saturated heterocycles. The molecule has 1 aromatic carbocycles. The highest BCUT2D eigenvalue weighted by Gasteiger charge is 2.25. The van der Waals surface area contributed by atoms with Gasteiger partial charge in [-0.3, -0.25) is 0 Å². The summed E-state index contributed by atoms with van der Waals surface area (Å²) in [6.07, 6.45) is 5.73. The van der Waals surface area contributed by atoms with Crippen LogP contribution in [0.15, 0.2) is 36.7 Å². The van der Waals surface area contributed by atoms with Crippen molar-refractivity contribution >= 4 is 6.03 Å². The number of aromatic nitrogens is 3. The van der Waals surface area contributed by atoms with Crippen molar-refractivity contribution in [3.63, 3.8) is 0 Å². The van der Waals surface area contributed by atoms with E-state index in [1.807, 2.05) is 23.1 Å². The molecule has 0 spiro atoms. The van der Waals surface area contributed by atoms with Gasteiger partial charge in [-0.2, -0.15) is 0 Å². The van der Waals surface area contributed by atoms with Crippen LogP contribution in [0.1, 0.15) is 44.1 Å². The van der Waals surface area contributed by atoms with Crippen molar-refractivity contribution in [2.24, 2.45) is 5.92 Å². The maximum absolute atomic E-state index is 12.5. The number of rotatable bonds is 6. The lowest BCUT2D eigenvalue weighted by molar-refractivity contribution is 0.164. The molecule has 0 radical (unpaired) electrons. The molecule has 2 heterocycles. The van der Waals surface area contributed by atoms with Gasteiger partial charge in [0, 0.05) is 32.1 Å². The Morgan fingerprint density at radius 3 is 2.88 bits per heavy atom. The first kappa shape index (κ1) is 18.4. The van der Waals surface area contributed by atoms with Crippen molar-refractivity contribution in [2.45, 2.75) is 45.6 Å². The number of urea groups is 1. The number of likely N-dealkylation sites (tertiary alicyclic amines) is 1. The molecule has 6 heteroatoms. The van der Waals surface area contributed by atoms with Crippen LogP contribution in [0.3, 0.4) is 0 Å². The highest BCUT2D eigenvalue weighted by molar-refractivity contribution is 5.74. The molecule has 2 aromatic rings. The average Bonchev–Trinajstić information content (AvgIpc) is 3.11. The zero-order valence-electron chi connectivity index (χ0n) is 15.8. The number of hydrogen-bond donors (Lipinski definition) is 1. The minimum Gasteiger partial charge on any atom is -0.338 e. The topological polar surface area (TPSA) is 63.1 Å². The fourth-order valence-corrected chi connectivity index (χ4v) is 3.59. The minimum atomic E-state index is 0.0518. The van der Waals surface area contributed by atoms with Crippen LogP contribution >= 0.6 is 0 Å². The summed E-state index contributed by atoms with van der Waals surface area (Å²) in [5.41, 5.74) is 1.25. The first-order valence-corrected chi connectivity index (χ1v) is 9.58. The Labute approximate surface area is 155 Å². The summed E-state index contributed by atoms with van der Waals surface area (Å²) in [7, 11) is 0. The van der Waals surface area contributed by atoms with Crippen LogP contribution in [0.2, 0.25) is 0 Å². The molecule has 1 N–H and O–H groups in total. The van der Waals surface area contributed by atoms with Crippen molar-refractivity contribution in [1.29, 1.82) is 0 Å². The SMILES string of the molecule is CC(C)n1cnnc1CC1CCCN(C(=O)NCCc2ccccc2)C1. The molecule has 6 nitrogen and oxygen atoms in total. The van der Waals surface area contributed by atoms with Gasteiger partial charge in [0.1, 0.15) is 12.2 Å². The highest BCUT2D eigenvalue weighted by atomic mass is 16.2. The minimum absolute atomic E-state index is 0.0518. The fraction of sp³-hybridized carbons (Fsp3) is 0.550. The van der Waals surface area contributed by atoms with Crippen LogP contribution in [0.25, 0.3) is 0 Å². The second-order valence-electron chi connectivity index (χ2n) is 7.37. The molecule has 1 aliphatic rings. The van der Waals surface area contributed by atoms with Crippen LogP contribution in [0, 0.1) is 5.92 Å². The molecule has 1 unspecified atom stereocenters. The second kappa shape index (κ2) is 8.83. The Hall–Kier alpha value is -2.37. The number of piperidine rings is 1. The number of benzene rings is 1. The van der Waals surface area contributed by atoms with Crippen LogP contribution < -0.4 is 5.32 Å². The summed E-state index contributed by atoms with van der Waals surface area (Å²) >= 11 is 0. The molecule has 0 bridgehead atoms. The van der Waals surface area contributed by atoms with Gasteiger partial charge in [0.15, 0.2) is 0 Å². The zero-order valence-corrected chi connectivity index (χ0v) is 15.8. The smallest absolute Gasteiger partial charge is 0.317 e. The summed E-state index contributed by atoms with van der Waals surface area (Å²) in [5.74, 6) is 1.47. The first-order valence-electron chi connectivity index (χ1n) is 9.58. The molecule has 0 aliphatic carbocycles. The third-order valence-corrected chi connectivity index (χ3v) is 5.01. The van der Waals surface area contributed by atoms with Crippen LogP contribution in [-0.4, -0.2) is 45.3 Å². The predicted octanol–water partition coefficient (Wildman–Crippen LogP) is 3.07. The van der Waals surface area contributed by atoms with E-state index in [-0.39, 0.29) is 6.03 Å². The van der Waals surface area contributed by atoms with E-state index in [1.54, 1.807) is 6.33 Å². The maximum atomic E-state index is 12.5. The Morgan fingerprint density at radius 2 is 2.12 bits per heavy atom. The Bertz CT molecular complexity index is 697. The average molecular weight is 355 g/mol. The van der Waals surface area contributed by atoms with Crippen molar-refractivity contribution in [1.82, 2.24) is 25.0 Å². The van der Waals surface area contributed by atoms with E-state index in [0.29, 0.717) is 18.5 Å². The Kier molecular flexibility index (Phi) is 6.26. The molecule has 140 valence electrons. The normalized spacial score (nSPS) is 17.5. The van der Waals surface area contributed by atoms with Crippen molar-refractivity contribution < 1.29 is 4.79 Å². The molecular formula is C20H29N5O. The Morgan fingerprint density at radius 1 is 1.31 bits per heavy atom. The molecule has 1 aromatic heterocycles. The molecule has 26 heavy (non-hydrogen) atoms. The molecule has 3 rings (SSSR count). The number of nitrogens with zero attached hydrogens (tertiary/aromatic N) is 4. The van der Waals surface area contributed by atoms with Gasteiger partial charge in [-0.05, 0) is 44.6 Å². The quantitative estimate of drug-likeness (QED) is 0.866. The zero-order chi connectivity index (χ0) is 18.4. The van der Waals surface area contributed by atoms with Crippen LogP contribution in [0.5, 0.6) is 0 Å². The van der Waals surface area contributed by atoms with Gasteiger partial charge in [0.25, 0.3) is 0 Å². The first-order chi connectivity index (χ1) is 12.6. The molecule has 0 saturated carbocycles. The second-order valence-corrected chi connectivity index (χ2v) is 7.37. The van der Waals surface area contributed by atoms with E-state index < -0.39 is 0 Å². The number of nitrogens with one attached hydrogen (secondary N) is 1. The lowest BCUT2D eigenvalue weighted by Gasteiger charge is -2.32. The monoisotopic (exact) mass is 355 g/mol. The molecule has 1 fully saturated rings. The number of amides is 2. The summed E-state index contributed by atoms with van der Waals surface area (Å²) in [5, 5.41) is 11.4. The van der Waals surface area contributed by atoms with Crippen LogP contribution in [-0.2, 0) is 12.8 Å².